The van der Waals surface area contributed by atoms with E-state index in [-0.39, 0.29) is 36.9 Å². The molecule has 8 rings (SSSR count). The van der Waals surface area contributed by atoms with Crippen molar-refractivity contribution in [2.45, 2.75) is 126 Å². The number of hydrogen-bond acceptors (Lipinski definition) is 8. The van der Waals surface area contributed by atoms with Crippen LogP contribution in [-0.4, -0.2) is 54.3 Å². The summed E-state index contributed by atoms with van der Waals surface area (Å²) < 4.78 is 0. The van der Waals surface area contributed by atoms with E-state index in [1.807, 2.05) is 4.96 Å². The molecule has 5 aliphatic heterocycles. The van der Waals surface area contributed by atoms with E-state index in [0.29, 0.717) is 66.6 Å². The Morgan fingerprint density at radius 1 is 0.432 bits per heavy atom. The fraction of sp³-hybridized carbons (Fsp3) is 0.871. The maximum absolute atomic E-state index is 4.41. The van der Waals surface area contributed by atoms with Crippen LogP contribution in [0.4, 0.5) is 0 Å². The predicted octanol–water partition coefficient (Wildman–Crippen LogP) is 4.39. The average Bonchev–Trinajstić information content (AvgIpc) is 3.72. The van der Waals surface area contributed by atoms with Gasteiger partial charge in [-0.2, -0.15) is 0 Å². The Labute approximate surface area is 273 Å². The van der Waals surface area contributed by atoms with Crippen molar-refractivity contribution in [3.05, 3.63) is 43.2 Å². The molecule has 15 unspecified atom stereocenters. The van der Waals surface area contributed by atoms with E-state index in [0.717, 1.165) is 11.8 Å². The Kier molecular flexibility index (Phi) is 13.0. The van der Waals surface area contributed by atoms with Crippen LogP contribution in [0.25, 0.3) is 24.6 Å². The molecule has 3 saturated carbocycles. The van der Waals surface area contributed by atoms with Crippen molar-refractivity contribution in [1.29, 1.82) is 0 Å². The molecule has 5 saturated heterocycles. The predicted molar refractivity (Wildman–Crippen MR) is 176 cm³/mol. The van der Waals surface area contributed by atoms with Crippen LogP contribution in [0.3, 0.4) is 0 Å². The van der Waals surface area contributed by atoms with Gasteiger partial charge in [0.25, 0.3) is 0 Å². The molecule has 8 fully saturated rings. The zero-order valence-corrected chi connectivity index (χ0v) is 27.1. The van der Waals surface area contributed by atoms with E-state index in [1.165, 1.54) is 77.0 Å². The molecular formula is C31H59CoN12-5. The molecule has 8 bridgehead atoms. The molecule has 5 heterocycles. The zero-order valence-electron chi connectivity index (χ0n) is 26.1. The number of allylic oxidation sites excluding steroid dienone is 1. The third kappa shape index (κ3) is 6.79. The fourth-order valence-electron chi connectivity index (χ4n) is 10.5. The van der Waals surface area contributed by atoms with E-state index < -0.39 is 0 Å². The van der Waals surface area contributed by atoms with Crippen LogP contribution in [0.2, 0.25) is 0 Å². The maximum Gasteiger partial charge on any atom is -0.693 e. The summed E-state index contributed by atoms with van der Waals surface area (Å²) >= 11 is 4.41. The van der Waals surface area contributed by atoms with Crippen LogP contribution in [0.1, 0.15) is 77.0 Å². The Bertz CT molecular complexity index is 957. The van der Waals surface area contributed by atoms with Crippen LogP contribution in [0.15, 0.2) is 12.2 Å². The molecule has 3 aliphatic carbocycles. The normalized spacial score (nSPS) is 49.2. The van der Waals surface area contributed by atoms with Crippen molar-refractivity contribution >= 4 is 4.96 Å². The zero-order chi connectivity index (χ0) is 26.6. The third-order valence-corrected chi connectivity index (χ3v) is 12.5. The van der Waals surface area contributed by atoms with Crippen molar-refractivity contribution in [3.8, 4) is 0 Å². The molecule has 0 spiro atoms. The molecule has 13 heteroatoms. The molecule has 44 heavy (non-hydrogen) atoms. The summed E-state index contributed by atoms with van der Waals surface area (Å²) in [6, 6.07) is 0. The first-order valence-electron chi connectivity index (χ1n) is 16.8. The van der Waals surface area contributed by atoms with Crippen LogP contribution in [-0.2, 0) is 15.3 Å². The summed E-state index contributed by atoms with van der Waals surface area (Å²) in [5, 5.41) is 32.9. The average molecular weight is 659 g/mol. The van der Waals surface area contributed by atoms with Crippen molar-refractivity contribution in [2.75, 3.05) is 0 Å². The summed E-state index contributed by atoms with van der Waals surface area (Å²) in [7, 11) is 0. The smallest absolute Gasteiger partial charge is 0.693 e. The van der Waals surface area contributed by atoms with Gasteiger partial charge in [-0.25, -0.2) is 0 Å². The van der Waals surface area contributed by atoms with Gasteiger partial charge in [0.15, 0.2) is 0 Å². The van der Waals surface area contributed by atoms with E-state index >= 15 is 0 Å². The number of hydrogen-bond donors (Lipinski definition) is 8. The van der Waals surface area contributed by atoms with Gasteiger partial charge in [0, 0.05) is 0 Å². The molecule has 8 aliphatic rings. The van der Waals surface area contributed by atoms with Gasteiger partial charge in [0.05, 0.1) is 0 Å². The van der Waals surface area contributed by atoms with Crippen molar-refractivity contribution in [3.63, 3.8) is 0 Å². The Morgan fingerprint density at radius 3 is 1.07 bits per heavy atom. The minimum absolute atomic E-state index is 0. The maximum atomic E-state index is 4.41. The second-order valence-electron chi connectivity index (χ2n) is 14.3. The molecule has 0 aromatic rings. The SMILES string of the molecule is [Co]=[CH]/C=C\C1[CH-]C2NC1NC1NC(NC3NC(NC4NC(N2)C2CCCCC42)C2CCCCC32)C2CCCCC12.[NH2-].[NH2-].[NH2-].[NH2-]. The van der Waals surface area contributed by atoms with E-state index in [2.05, 4.69) is 76.4 Å². The quantitative estimate of drug-likeness (QED) is 0.198. The van der Waals surface area contributed by atoms with Gasteiger partial charge in [0.2, 0.25) is 0 Å². The Balaban J connectivity index is 0.00000110. The first-order valence-corrected chi connectivity index (χ1v) is 17.4. The monoisotopic (exact) mass is 658 g/mol. The van der Waals surface area contributed by atoms with Crippen LogP contribution < -0.4 is 42.5 Å². The molecule has 16 N–H and O–H groups in total. The molecule has 0 aromatic heterocycles. The fourth-order valence-corrected chi connectivity index (χ4v) is 10.6. The Hall–Kier alpha value is -0.364. The summed E-state index contributed by atoms with van der Waals surface area (Å²) in [6.45, 7) is 0. The summed E-state index contributed by atoms with van der Waals surface area (Å²) in [4.78, 5) is 1.85. The van der Waals surface area contributed by atoms with Crippen molar-refractivity contribution in [2.24, 2.45) is 41.4 Å². The number of nitrogens with one attached hydrogen (secondary N) is 8. The van der Waals surface area contributed by atoms with Crippen molar-refractivity contribution in [1.82, 2.24) is 42.5 Å². The van der Waals surface area contributed by atoms with Crippen LogP contribution >= 0.6 is 0 Å². The molecule has 0 aromatic carbocycles. The topological polar surface area (TPSA) is 230 Å². The van der Waals surface area contributed by atoms with Crippen molar-refractivity contribution < 1.29 is 15.3 Å². The number of nitrogens with two attached hydrogens (primary N) is 4. The largest absolute Gasteiger partial charge is 0.693 e. The van der Waals surface area contributed by atoms with E-state index in [4.69, 9.17) is 0 Å². The molecule has 257 valence electrons. The first kappa shape index (κ1) is 36.5. The van der Waals surface area contributed by atoms with Crippen LogP contribution in [0, 0.1) is 47.8 Å². The van der Waals surface area contributed by atoms with Crippen LogP contribution in [0.5, 0.6) is 0 Å². The minimum atomic E-state index is 0. The van der Waals surface area contributed by atoms with Gasteiger partial charge in [-0.05, 0) is 18.8 Å². The van der Waals surface area contributed by atoms with Gasteiger partial charge >= 0.3 is 218 Å². The Morgan fingerprint density at radius 2 is 0.727 bits per heavy atom. The summed E-state index contributed by atoms with van der Waals surface area (Å²) in [5.41, 5.74) is 0. The second kappa shape index (κ2) is 15.7. The van der Waals surface area contributed by atoms with E-state index in [9.17, 15) is 0 Å². The summed E-state index contributed by atoms with van der Waals surface area (Å²) in [6.07, 6.45) is 25.6. The van der Waals surface area contributed by atoms with Gasteiger partial charge in [0.1, 0.15) is 0 Å². The minimum Gasteiger partial charge on any atom is -0.693 e. The third-order valence-electron chi connectivity index (χ3n) is 12.3. The van der Waals surface area contributed by atoms with E-state index in [1.54, 1.807) is 0 Å². The molecule has 12 nitrogen and oxygen atoms in total. The van der Waals surface area contributed by atoms with Gasteiger partial charge in [-0.3, -0.25) is 0 Å². The number of rotatable bonds is 2. The molecule has 15 atom stereocenters. The number of fused-ring (bicyclic) bond motifs is 17. The summed E-state index contributed by atoms with van der Waals surface area (Å²) in [5.74, 6) is 4.49. The standard InChI is InChI=1S/C31H51N8.Co.4H2N/c1-2-9-17-16-24-32-25(17)34-27-20-12-5-6-13-21(20)29(36-27)38-31-23-15-8-7-14-22(23)30(39-31)37-28-19-11-4-3-10-18(19)26(33-24)35-28;;;;;/h1-2,9,16-39H,3-8,10-15H2;;4*1H2/q-1;;4*-1/b9-2-;;;;;. The van der Waals surface area contributed by atoms with Gasteiger partial charge in [-0.1, -0.05) is 12.8 Å². The second-order valence-corrected chi connectivity index (χ2v) is 14.6. The first-order chi connectivity index (χ1) is 19.7. The van der Waals surface area contributed by atoms with Gasteiger partial charge < -0.3 is 24.6 Å². The molecule has 0 amide bonds. The van der Waals surface area contributed by atoms with Gasteiger partial charge in [-0.15, -0.1) is 0 Å². The molecular weight excluding hydrogens is 599 g/mol. The molecule has 0 radical (unpaired) electrons.